The third kappa shape index (κ3) is 16.0. The Balaban J connectivity index is 0.000000212. The van der Waals surface area contributed by atoms with Crippen molar-refractivity contribution in [3.05, 3.63) is 83.4 Å². The van der Waals surface area contributed by atoms with E-state index < -0.39 is 0 Å². The van der Waals surface area contributed by atoms with E-state index in [1.807, 2.05) is 0 Å². The zero-order valence-corrected chi connectivity index (χ0v) is 35.9. The standard InChI is InChI=1S/2C22H33OP.2ClH.Ni/c2*1-23-20-16-14-19(15-17-20)9-8-18-24(21-10-4-2-5-11-21)22-12-6-3-7-13-22;;;/h2*8,14-18,21-22H,2-7,9-13H2,1H3;2*1H;/q;;;;+2/p-2. The summed E-state index contributed by atoms with van der Waals surface area (Å²) in [5.41, 5.74) is 6.87. The van der Waals surface area contributed by atoms with E-state index in [2.05, 4.69) is 72.3 Å². The first-order valence-electron chi connectivity index (χ1n) is 20.1. The summed E-state index contributed by atoms with van der Waals surface area (Å²) in [5, 5.41) is 0. The fraction of sp³-hybridized carbons (Fsp3) is 0.636. The molecule has 0 aliphatic heterocycles. The summed E-state index contributed by atoms with van der Waals surface area (Å²) >= 11 is 0.569. The predicted molar refractivity (Wildman–Crippen MR) is 225 cm³/mol. The van der Waals surface area contributed by atoms with E-state index in [4.69, 9.17) is 29.9 Å². The van der Waals surface area contributed by atoms with Crippen molar-refractivity contribution >= 4 is 36.2 Å². The quantitative estimate of drug-likeness (QED) is 0.157. The van der Waals surface area contributed by atoms with Gasteiger partial charge >= 0.3 is 33.0 Å². The van der Waals surface area contributed by atoms with Crippen molar-refractivity contribution < 1.29 is 22.1 Å². The molecule has 6 rings (SSSR count). The maximum atomic E-state index is 5.26. The Kier molecular flexibility index (Phi) is 22.3. The Hall–Kier alpha value is -0.546. The van der Waals surface area contributed by atoms with Crippen molar-refractivity contribution in [2.45, 2.75) is 164 Å². The molecule has 51 heavy (non-hydrogen) atoms. The van der Waals surface area contributed by atoms with E-state index in [9.17, 15) is 0 Å². The normalized spacial score (nSPS) is 20.0. The molecule has 0 amide bonds. The minimum absolute atomic E-state index is 0.0922. The van der Waals surface area contributed by atoms with Gasteiger partial charge in [0.25, 0.3) is 0 Å². The van der Waals surface area contributed by atoms with E-state index in [0.717, 1.165) is 47.0 Å². The van der Waals surface area contributed by atoms with Gasteiger partial charge in [-0.15, -0.1) is 0 Å². The number of rotatable bonds is 12. The van der Waals surface area contributed by atoms with Crippen LogP contribution < -0.4 is 9.47 Å². The minimum atomic E-state index is 0.0922. The van der Waals surface area contributed by atoms with Crippen molar-refractivity contribution in [2.75, 3.05) is 14.2 Å². The third-order valence-electron chi connectivity index (χ3n) is 11.6. The summed E-state index contributed by atoms with van der Waals surface area (Å²) in [6.45, 7) is 0. The molecule has 0 aromatic heterocycles. The van der Waals surface area contributed by atoms with Gasteiger partial charge in [0.15, 0.2) is 0 Å². The van der Waals surface area contributed by atoms with Crippen molar-refractivity contribution in [3.8, 4) is 11.5 Å². The zero-order valence-electron chi connectivity index (χ0n) is 31.6. The summed E-state index contributed by atoms with van der Waals surface area (Å²) in [5.74, 6) is 7.25. The van der Waals surface area contributed by atoms with Gasteiger partial charge in [-0.3, -0.25) is 0 Å². The summed E-state index contributed by atoms with van der Waals surface area (Å²) in [6.07, 6.45) is 36.8. The second-order valence-corrected chi connectivity index (χ2v) is 21.9. The molecule has 4 aliphatic carbocycles. The molecule has 2 aromatic rings. The van der Waals surface area contributed by atoms with Gasteiger partial charge in [-0.05, 0) is 122 Å². The Labute approximate surface area is 329 Å². The first kappa shape index (κ1) is 43.2. The molecule has 4 aliphatic rings. The second kappa shape index (κ2) is 26.3. The molecule has 0 radical (unpaired) electrons. The van der Waals surface area contributed by atoms with Crippen LogP contribution >= 0.6 is 36.2 Å². The number of ether oxygens (including phenoxy) is 2. The predicted octanol–water partition coefficient (Wildman–Crippen LogP) is 15.2. The number of methoxy groups -OCH3 is 2. The van der Waals surface area contributed by atoms with E-state index >= 15 is 0 Å². The molecule has 2 aromatic carbocycles. The van der Waals surface area contributed by atoms with Crippen LogP contribution in [0.15, 0.2) is 72.3 Å². The number of hydrogen-bond donors (Lipinski definition) is 0. The van der Waals surface area contributed by atoms with Crippen molar-refractivity contribution in [1.29, 1.82) is 0 Å². The van der Waals surface area contributed by atoms with Gasteiger partial charge < -0.3 is 9.47 Å². The van der Waals surface area contributed by atoms with Crippen LogP contribution in [-0.2, 0) is 25.5 Å². The molecule has 0 heterocycles. The first-order chi connectivity index (χ1) is 25.1. The number of halogens is 2. The molecule has 4 fully saturated rings. The van der Waals surface area contributed by atoms with Gasteiger partial charge in [0, 0.05) is 0 Å². The fourth-order valence-corrected chi connectivity index (χ4v) is 15.5. The van der Waals surface area contributed by atoms with Gasteiger partial charge in [-0.1, -0.05) is 141 Å². The molecule has 0 N–H and O–H groups in total. The molecule has 0 bridgehead atoms. The van der Waals surface area contributed by atoms with E-state index in [1.54, 1.807) is 14.2 Å². The number of hydrogen-bond acceptors (Lipinski definition) is 2. The average molecular weight is 819 g/mol. The Morgan fingerprint density at radius 3 is 0.980 bits per heavy atom. The molecular formula is C44H66Cl2NiO2P2. The van der Waals surface area contributed by atoms with Crippen LogP contribution in [0.4, 0.5) is 0 Å². The Bertz CT molecular complexity index is 1090. The number of allylic oxidation sites excluding steroid dienone is 2. The molecule has 288 valence electrons. The monoisotopic (exact) mass is 816 g/mol. The molecule has 0 saturated heterocycles. The molecule has 0 atom stereocenters. The molecule has 4 saturated carbocycles. The van der Waals surface area contributed by atoms with Crippen molar-refractivity contribution in [3.63, 3.8) is 0 Å². The molecular weight excluding hydrogens is 752 g/mol. The summed E-state index contributed by atoms with van der Waals surface area (Å²) < 4.78 is 10.5. The van der Waals surface area contributed by atoms with Crippen LogP contribution in [0, 0.1) is 0 Å². The van der Waals surface area contributed by atoms with Crippen LogP contribution in [0.25, 0.3) is 0 Å². The van der Waals surface area contributed by atoms with Crippen LogP contribution in [0.1, 0.15) is 140 Å². The summed E-state index contributed by atoms with van der Waals surface area (Å²) in [4.78, 5) is 0. The van der Waals surface area contributed by atoms with Crippen molar-refractivity contribution in [1.82, 2.24) is 0 Å². The Morgan fingerprint density at radius 2 is 0.745 bits per heavy atom. The Morgan fingerprint density at radius 1 is 0.490 bits per heavy atom. The molecule has 0 unspecified atom stereocenters. The first-order valence-corrected chi connectivity index (χ1v) is 25.9. The summed E-state index contributed by atoms with van der Waals surface area (Å²) in [7, 11) is 13.1. The van der Waals surface area contributed by atoms with Gasteiger partial charge in [-0.2, -0.15) is 0 Å². The average Bonchev–Trinajstić information content (AvgIpc) is 3.20. The van der Waals surface area contributed by atoms with E-state index in [1.165, 1.54) is 140 Å². The van der Waals surface area contributed by atoms with Crippen molar-refractivity contribution in [2.24, 2.45) is 0 Å². The van der Waals surface area contributed by atoms with Crippen LogP contribution in [0.2, 0.25) is 0 Å². The van der Waals surface area contributed by atoms with Gasteiger partial charge in [0.05, 0.1) is 14.2 Å². The molecule has 0 spiro atoms. The van der Waals surface area contributed by atoms with Crippen LogP contribution in [0.5, 0.6) is 11.5 Å². The third-order valence-corrected chi connectivity index (χ3v) is 18.1. The molecule has 7 heteroatoms. The zero-order chi connectivity index (χ0) is 35.9. The van der Waals surface area contributed by atoms with Gasteiger partial charge in [0.1, 0.15) is 11.5 Å². The SMILES string of the molecule is COc1ccc(CC=CP(C2CCCCC2)C2CCCCC2)cc1.COc1ccc(CC=CP(C2CCCCC2)C2CCCCC2)cc1.[Cl][Ni][Cl]. The maximum absolute atomic E-state index is 5.26. The van der Waals surface area contributed by atoms with Gasteiger partial charge in [-0.25, -0.2) is 0 Å². The number of benzene rings is 2. The second-order valence-electron chi connectivity index (χ2n) is 15.0. The van der Waals surface area contributed by atoms with Crippen LogP contribution in [0.3, 0.4) is 0 Å². The van der Waals surface area contributed by atoms with Gasteiger partial charge in [0.2, 0.25) is 0 Å². The molecule has 2 nitrogen and oxygen atoms in total. The van der Waals surface area contributed by atoms with E-state index in [0.29, 0.717) is 12.7 Å². The van der Waals surface area contributed by atoms with Crippen LogP contribution in [-0.4, -0.2) is 36.9 Å². The summed E-state index contributed by atoms with van der Waals surface area (Å²) in [6, 6.07) is 17.1. The topological polar surface area (TPSA) is 18.5 Å². The fourth-order valence-electron chi connectivity index (χ4n) is 8.74. The van der Waals surface area contributed by atoms with E-state index in [-0.39, 0.29) is 15.8 Å².